The topological polar surface area (TPSA) is 49.4 Å². The Morgan fingerprint density at radius 3 is 2.31 bits per heavy atom. The Bertz CT molecular complexity index is 293. The number of hydrogen-bond donors (Lipinski definition) is 1. The first-order chi connectivity index (χ1) is 7.45. The van der Waals surface area contributed by atoms with E-state index in [9.17, 15) is 8.42 Å². The average Bonchev–Trinajstić information content (AvgIpc) is 2.21. The maximum atomic E-state index is 11.7. The van der Waals surface area contributed by atoms with E-state index in [1.807, 2.05) is 0 Å². The molecule has 0 atom stereocenters. The van der Waals surface area contributed by atoms with E-state index < -0.39 is 10.0 Å². The fourth-order valence-corrected chi connectivity index (χ4v) is 2.93. The number of likely N-dealkylation sites (tertiary alicyclic amines) is 1. The molecule has 5 heteroatoms. The fraction of sp³-hybridized carbons (Fsp3) is 1.00. The van der Waals surface area contributed by atoms with Crippen molar-refractivity contribution >= 4 is 10.0 Å². The minimum Gasteiger partial charge on any atom is -0.303 e. The number of piperidine rings is 1. The molecule has 0 aromatic heterocycles. The highest BCUT2D eigenvalue weighted by Crippen LogP contribution is 2.12. The van der Waals surface area contributed by atoms with E-state index in [2.05, 4.69) is 16.5 Å². The number of sulfonamides is 1. The largest absolute Gasteiger partial charge is 0.303 e. The van der Waals surface area contributed by atoms with Gasteiger partial charge >= 0.3 is 0 Å². The Labute approximate surface area is 99.5 Å². The Balaban J connectivity index is 2.38. The summed E-state index contributed by atoms with van der Waals surface area (Å²) in [5.41, 5.74) is 0. The van der Waals surface area contributed by atoms with Crippen LogP contribution in [0.15, 0.2) is 0 Å². The van der Waals surface area contributed by atoms with Gasteiger partial charge in [-0.2, -0.15) is 0 Å². The van der Waals surface area contributed by atoms with Gasteiger partial charge in [0, 0.05) is 6.04 Å². The van der Waals surface area contributed by atoms with Crippen molar-refractivity contribution in [1.82, 2.24) is 9.62 Å². The first-order valence-electron chi connectivity index (χ1n) is 6.19. The summed E-state index contributed by atoms with van der Waals surface area (Å²) in [5, 5.41) is -0.332. The summed E-state index contributed by atoms with van der Waals surface area (Å²) in [6.45, 7) is 8.76. The Morgan fingerprint density at radius 1 is 1.31 bits per heavy atom. The van der Waals surface area contributed by atoms with Crippen LogP contribution < -0.4 is 4.72 Å². The van der Waals surface area contributed by atoms with Crippen molar-refractivity contribution in [2.45, 2.75) is 51.3 Å². The van der Waals surface area contributed by atoms with E-state index in [-0.39, 0.29) is 11.3 Å². The van der Waals surface area contributed by atoms with Crippen LogP contribution in [-0.4, -0.2) is 44.2 Å². The summed E-state index contributed by atoms with van der Waals surface area (Å²) < 4.78 is 26.2. The number of nitrogens with zero attached hydrogens (tertiary/aromatic N) is 1. The van der Waals surface area contributed by atoms with Crippen molar-refractivity contribution in [2.24, 2.45) is 0 Å². The third kappa shape index (κ3) is 4.03. The maximum absolute atomic E-state index is 11.7. The predicted molar refractivity (Wildman–Crippen MR) is 66.9 cm³/mol. The van der Waals surface area contributed by atoms with Gasteiger partial charge in [-0.3, -0.25) is 0 Å². The number of rotatable bonds is 5. The van der Waals surface area contributed by atoms with Gasteiger partial charge in [0.2, 0.25) is 10.0 Å². The lowest BCUT2D eigenvalue weighted by molar-refractivity contribution is 0.207. The molecule has 0 spiro atoms. The standard InChI is InChI=1S/C11H24N2O2S/c1-4-7-13-8-5-11(6-9-13)12-16(14,15)10(2)3/h10-12H,4-9H2,1-3H3. The zero-order valence-electron chi connectivity index (χ0n) is 10.6. The molecule has 1 aliphatic heterocycles. The third-order valence-corrected chi connectivity index (χ3v) is 4.98. The lowest BCUT2D eigenvalue weighted by atomic mass is 10.1. The molecule has 4 nitrogen and oxygen atoms in total. The molecule has 0 unspecified atom stereocenters. The van der Waals surface area contributed by atoms with Gasteiger partial charge in [0.1, 0.15) is 0 Å². The highest BCUT2D eigenvalue weighted by atomic mass is 32.2. The molecule has 0 radical (unpaired) electrons. The summed E-state index contributed by atoms with van der Waals surface area (Å²) >= 11 is 0. The van der Waals surface area contributed by atoms with Gasteiger partial charge in [-0.25, -0.2) is 13.1 Å². The van der Waals surface area contributed by atoms with E-state index in [0.29, 0.717) is 0 Å². The molecule has 0 amide bonds. The lowest BCUT2D eigenvalue weighted by Crippen LogP contribution is -2.46. The summed E-state index contributed by atoms with van der Waals surface area (Å²) in [6, 6.07) is 0.139. The van der Waals surface area contributed by atoms with Gasteiger partial charge in [-0.1, -0.05) is 6.92 Å². The lowest BCUT2D eigenvalue weighted by Gasteiger charge is -2.32. The first kappa shape index (κ1) is 13.9. The van der Waals surface area contributed by atoms with Gasteiger partial charge < -0.3 is 4.90 Å². The average molecular weight is 248 g/mol. The molecule has 96 valence electrons. The molecular formula is C11H24N2O2S. The smallest absolute Gasteiger partial charge is 0.214 e. The van der Waals surface area contributed by atoms with Crippen molar-refractivity contribution < 1.29 is 8.42 Å². The molecule has 1 fully saturated rings. The summed E-state index contributed by atoms with van der Waals surface area (Å²) in [4.78, 5) is 2.40. The molecule has 16 heavy (non-hydrogen) atoms. The molecular weight excluding hydrogens is 224 g/mol. The Hall–Kier alpha value is -0.130. The van der Waals surface area contributed by atoms with Gasteiger partial charge in [-0.15, -0.1) is 0 Å². The van der Waals surface area contributed by atoms with Crippen LogP contribution in [-0.2, 0) is 10.0 Å². The quantitative estimate of drug-likeness (QED) is 0.795. The second-order valence-electron chi connectivity index (χ2n) is 4.83. The van der Waals surface area contributed by atoms with Crippen molar-refractivity contribution in [3.8, 4) is 0 Å². The minimum absolute atomic E-state index is 0.139. The van der Waals surface area contributed by atoms with Crippen LogP contribution >= 0.6 is 0 Å². The first-order valence-corrected chi connectivity index (χ1v) is 7.74. The van der Waals surface area contributed by atoms with E-state index in [1.54, 1.807) is 13.8 Å². The van der Waals surface area contributed by atoms with Gasteiger partial charge in [0.15, 0.2) is 0 Å². The van der Waals surface area contributed by atoms with Crippen LogP contribution in [0.5, 0.6) is 0 Å². The van der Waals surface area contributed by atoms with E-state index in [0.717, 1.165) is 32.5 Å². The van der Waals surface area contributed by atoms with Crippen molar-refractivity contribution in [1.29, 1.82) is 0 Å². The molecule has 1 heterocycles. The van der Waals surface area contributed by atoms with Crippen LogP contribution in [0, 0.1) is 0 Å². The van der Waals surface area contributed by atoms with Crippen molar-refractivity contribution in [3.63, 3.8) is 0 Å². The molecule has 0 aromatic rings. The normalized spacial score (nSPS) is 20.5. The van der Waals surface area contributed by atoms with Gasteiger partial charge in [-0.05, 0) is 52.7 Å². The zero-order chi connectivity index (χ0) is 12.2. The van der Waals surface area contributed by atoms with Crippen LogP contribution in [0.1, 0.15) is 40.0 Å². The molecule has 1 saturated heterocycles. The van der Waals surface area contributed by atoms with Crippen LogP contribution in [0.2, 0.25) is 0 Å². The summed E-state index contributed by atoms with van der Waals surface area (Å²) in [6.07, 6.45) is 3.04. The molecule has 0 bridgehead atoms. The highest BCUT2D eigenvalue weighted by molar-refractivity contribution is 7.90. The highest BCUT2D eigenvalue weighted by Gasteiger charge is 2.24. The molecule has 0 aliphatic carbocycles. The Kier molecular flexibility index (Phi) is 5.21. The molecule has 1 rings (SSSR count). The van der Waals surface area contributed by atoms with Crippen LogP contribution in [0.25, 0.3) is 0 Å². The van der Waals surface area contributed by atoms with Gasteiger partial charge in [0.05, 0.1) is 5.25 Å². The van der Waals surface area contributed by atoms with Crippen LogP contribution in [0.3, 0.4) is 0 Å². The SMILES string of the molecule is CCCN1CCC(NS(=O)(=O)C(C)C)CC1. The van der Waals surface area contributed by atoms with E-state index >= 15 is 0 Å². The van der Waals surface area contributed by atoms with Crippen LogP contribution in [0.4, 0.5) is 0 Å². The second kappa shape index (κ2) is 5.98. The monoisotopic (exact) mass is 248 g/mol. The molecule has 1 N–H and O–H groups in total. The summed E-state index contributed by atoms with van der Waals surface area (Å²) in [7, 11) is -3.10. The van der Waals surface area contributed by atoms with Gasteiger partial charge in [0.25, 0.3) is 0 Å². The van der Waals surface area contributed by atoms with E-state index in [1.165, 1.54) is 6.42 Å². The fourth-order valence-electron chi connectivity index (χ4n) is 1.96. The molecule has 1 aliphatic rings. The second-order valence-corrected chi connectivity index (χ2v) is 7.10. The van der Waals surface area contributed by atoms with Crippen molar-refractivity contribution in [3.05, 3.63) is 0 Å². The Morgan fingerprint density at radius 2 is 1.88 bits per heavy atom. The van der Waals surface area contributed by atoms with Crippen molar-refractivity contribution in [2.75, 3.05) is 19.6 Å². The van der Waals surface area contributed by atoms with E-state index in [4.69, 9.17) is 0 Å². The zero-order valence-corrected chi connectivity index (χ0v) is 11.4. The molecule has 0 saturated carbocycles. The summed E-state index contributed by atoms with van der Waals surface area (Å²) in [5.74, 6) is 0. The minimum atomic E-state index is -3.10. The molecule has 0 aromatic carbocycles. The maximum Gasteiger partial charge on any atom is 0.214 e. The predicted octanol–water partition coefficient (Wildman–Crippen LogP) is 1.19. The third-order valence-electron chi connectivity index (χ3n) is 3.08. The number of hydrogen-bond acceptors (Lipinski definition) is 3. The number of nitrogens with one attached hydrogen (secondary N) is 1.